The molecule has 0 fully saturated rings. The van der Waals surface area contributed by atoms with Gasteiger partial charge in [0.05, 0.1) is 26.3 Å². The molecule has 0 saturated carbocycles. The number of amides is 2. The minimum Gasteiger partial charge on any atom is -0.497 e. The van der Waals surface area contributed by atoms with Gasteiger partial charge in [0.1, 0.15) is 11.5 Å². The summed E-state index contributed by atoms with van der Waals surface area (Å²) in [6, 6.07) is 34.1. The number of hydrogen-bond donors (Lipinski definition) is 2. The molecule has 194 valence electrons. The first kappa shape index (κ1) is 26.5. The van der Waals surface area contributed by atoms with Crippen LogP contribution in [0.4, 0.5) is 0 Å². The topological polar surface area (TPSA) is 76.7 Å². The van der Waals surface area contributed by atoms with Crippen LogP contribution in [0.1, 0.15) is 47.2 Å². The molecule has 2 unspecified atom stereocenters. The van der Waals surface area contributed by atoms with E-state index in [9.17, 15) is 9.59 Å². The monoisotopic (exact) mass is 508 g/mol. The first-order chi connectivity index (χ1) is 18.6. The smallest absolute Gasteiger partial charge is 0.221 e. The average molecular weight is 509 g/mol. The van der Waals surface area contributed by atoms with Crippen LogP contribution in [-0.2, 0) is 9.59 Å². The number of rotatable bonds is 11. The molecular formula is C32H32N2O4. The van der Waals surface area contributed by atoms with E-state index in [-0.39, 0.29) is 36.7 Å². The summed E-state index contributed by atoms with van der Waals surface area (Å²) in [6.45, 7) is 0. The fourth-order valence-corrected chi connectivity index (χ4v) is 4.30. The Morgan fingerprint density at radius 1 is 0.526 bits per heavy atom. The van der Waals surface area contributed by atoms with Crippen molar-refractivity contribution in [2.24, 2.45) is 0 Å². The number of ether oxygens (including phenoxy) is 2. The number of carbonyl (C=O) groups is 2. The maximum Gasteiger partial charge on any atom is 0.221 e. The lowest BCUT2D eigenvalue weighted by atomic mass is 9.98. The van der Waals surface area contributed by atoms with Crippen molar-refractivity contribution in [3.63, 3.8) is 0 Å². The van der Waals surface area contributed by atoms with E-state index in [1.165, 1.54) is 0 Å². The zero-order valence-corrected chi connectivity index (χ0v) is 21.6. The van der Waals surface area contributed by atoms with Crippen molar-refractivity contribution in [3.8, 4) is 11.5 Å². The Labute approximate surface area is 223 Å². The lowest BCUT2D eigenvalue weighted by Gasteiger charge is -2.21. The fourth-order valence-electron chi connectivity index (χ4n) is 4.30. The molecule has 0 aromatic heterocycles. The van der Waals surface area contributed by atoms with Gasteiger partial charge in [-0.1, -0.05) is 84.9 Å². The van der Waals surface area contributed by atoms with Crippen LogP contribution in [0.15, 0.2) is 109 Å². The summed E-state index contributed by atoms with van der Waals surface area (Å²) < 4.78 is 10.5. The van der Waals surface area contributed by atoms with Gasteiger partial charge in [-0.25, -0.2) is 0 Å². The van der Waals surface area contributed by atoms with Gasteiger partial charge in [0, 0.05) is 12.8 Å². The van der Waals surface area contributed by atoms with Gasteiger partial charge in [0.25, 0.3) is 0 Å². The highest BCUT2D eigenvalue weighted by molar-refractivity contribution is 5.84. The molecule has 0 radical (unpaired) electrons. The van der Waals surface area contributed by atoms with Crippen molar-refractivity contribution >= 4 is 11.8 Å². The molecule has 0 aliphatic rings. The molecule has 2 atom stereocenters. The van der Waals surface area contributed by atoms with E-state index in [1.54, 1.807) is 14.2 Å². The Hall–Kier alpha value is -4.58. The second-order valence-corrected chi connectivity index (χ2v) is 8.87. The van der Waals surface area contributed by atoms with E-state index in [0.717, 1.165) is 33.8 Å². The van der Waals surface area contributed by atoms with Crippen molar-refractivity contribution < 1.29 is 19.1 Å². The summed E-state index contributed by atoms with van der Waals surface area (Å²) in [4.78, 5) is 26.0. The highest BCUT2D eigenvalue weighted by Crippen LogP contribution is 2.26. The number of carbonyl (C=O) groups excluding carboxylic acids is 2. The standard InChI is InChI=1S/C32H32N2O4/c1-37-27-17-13-25(14-18-27)31(23-9-5-3-6-10-23)33-29(35)21-22-30(36)34-32(24-11-7-4-8-12-24)26-15-19-28(38-2)20-16-26/h3-20,31-32H,21-22H2,1-2H3,(H,33,35)(H,34,36). The second-order valence-electron chi connectivity index (χ2n) is 8.87. The van der Waals surface area contributed by atoms with Crippen molar-refractivity contribution in [1.82, 2.24) is 10.6 Å². The molecule has 2 amide bonds. The van der Waals surface area contributed by atoms with Crippen LogP contribution in [0.2, 0.25) is 0 Å². The third-order valence-corrected chi connectivity index (χ3v) is 6.35. The molecule has 4 aromatic carbocycles. The van der Waals surface area contributed by atoms with Gasteiger partial charge in [-0.05, 0) is 46.5 Å². The Balaban J connectivity index is 1.43. The SMILES string of the molecule is COc1ccc(C(NC(=O)CCC(=O)NC(c2ccccc2)c2ccc(OC)cc2)c2ccccc2)cc1. The number of methoxy groups -OCH3 is 2. The Bertz CT molecular complexity index is 1200. The van der Waals surface area contributed by atoms with Crippen LogP contribution in [0.25, 0.3) is 0 Å². The zero-order chi connectivity index (χ0) is 26.7. The fraction of sp³-hybridized carbons (Fsp3) is 0.188. The highest BCUT2D eigenvalue weighted by Gasteiger charge is 2.20. The maximum absolute atomic E-state index is 13.0. The minimum absolute atomic E-state index is 0.0649. The predicted octanol–water partition coefficient (Wildman–Crippen LogP) is 5.60. The van der Waals surface area contributed by atoms with Gasteiger partial charge in [-0.15, -0.1) is 0 Å². The first-order valence-electron chi connectivity index (χ1n) is 12.5. The Morgan fingerprint density at radius 3 is 1.16 bits per heavy atom. The lowest BCUT2D eigenvalue weighted by Crippen LogP contribution is -2.32. The summed E-state index contributed by atoms with van der Waals surface area (Å²) in [5, 5.41) is 6.20. The van der Waals surface area contributed by atoms with Gasteiger partial charge in [0.2, 0.25) is 11.8 Å². The molecular weight excluding hydrogens is 476 g/mol. The quantitative estimate of drug-likeness (QED) is 0.277. The zero-order valence-electron chi connectivity index (χ0n) is 21.6. The molecule has 0 aliphatic heterocycles. The van der Waals surface area contributed by atoms with Gasteiger partial charge in [0.15, 0.2) is 0 Å². The number of hydrogen-bond acceptors (Lipinski definition) is 4. The second kappa shape index (κ2) is 13.1. The molecule has 38 heavy (non-hydrogen) atoms. The molecule has 0 bridgehead atoms. The first-order valence-corrected chi connectivity index (χ1v) is 12.5. The molecule has 4 aromatic rings. The molecule has 0 spiro atoms. The molecule has 4 rings (SSSR count). The highest BCUT2D eigenvalue weighted by atomic mass is 16.5. The summed E-state index contributed by atoms with van der Waals surface area (Å²) >= 11 is 0. The molecule has 2 N–H and O–H groups in total. The molecule has 6 nitrogen and oxygen atoms in total. The number of nitrogens with one attached hydrogen (secondary N) is 2. The van der Waals surface area contributed by atoms with Crippen LogP contribution in [0, 0.1) is 0 Å². The molecule has 0 aliphatic carbocycles. The average Bonchev–Trinajstić information content (AvgIpc) is 2.98. The molecule has 0 saturated heterocycles. The molecule has 6 heteroatoms. The normalized spacial score (nSPS) is 12.2. The van der Waals surface area contributed by atoms with Crippen LogP contribution < -0.4 is 20.1 Å². The summed E-state index contributed by atoms with van der Waals surface area (Å²) in [6.07, 6.45) is 0.130. The van der Waals surface area contributed by atoms with Crippen LogP contribution in [0.5, 0.6) is 11.5 Å². The van der Waals surface area contributed by atoms with Gasteiger partial charge in [-0.3, -0.25) is 9.59 Å². The number of benzene rings is 4. The van der Waals surface area contributed by atoms with Crippen molar-refractivity contribution in [2.45, 2.75) is 24.9 Å². The Morgan fingerprint density at radius 2 is 0.842 bits per heavy atom. The van der Waals surface area contributed by atoms with E-state index in [4.69, 9.17) is 9.47 Å². The van der Waals surface area contributed by atoms with E-state index in [1.807, 2.05) is 109 Å². The van der Waals surface area contributed by atoms with E-state index >= 15 is 0 Å². The van der Waals surface area contributed by atoms with Gasteiger partial charge >= 0.3 is 0 Å². The van der Waals surface area contributed by atoms with Gasteiger partial charge in [-0.2, -0.15) is 0 Å². The lowest BCUT2D eigenvalue weighted by molar-refractivity contribution is -0.127. The third-order valence-electron chi connectivity index (χ3n) is 6.35. The van der Waals surface area contributed by atoms with Crippen LogP contribution >= 0.6 is 0 Å². The van der Waals surface area contributed by atoms with Gasteiger partial charge < -0.3 is 20.1 Å². The third kappa shape index (κ3) is 7.01. The van der Waals surface area contributed by atoms with E-state index in [0.29, 0.717) is 0 Å². The summed E-state index contributed by atoms with van der Waals surface area (Å²) in [5.41, 5.74) is 3.77. The maximum atomic E-state index is 13.0. The summed E-state index contributed by atoms with van der Waals surface area (Å²) in [5.74, 6) is 1.08. The van der Waals surface area contributed by atoms with Crippen molar-refractivity contribution in [3.05, 3.63) is 131 Å². The van der Waals surface area contributed by atoms with Crippen LogP contribution in [0.3, 0.4) is 0 Å². The minimum atomic E-state index is -0.339. The Kier molecular flexibility index (Phi) is 9.13. The van der Waals surface area contributed by atoms with Crippen molar-refractivity contribution in [1.29, 1.82) is 0 Å². The molecule has 0 heterocycles. The van der Waals surface area contributed by atoms with E-state index in [2.05, 4.69) is 10.6 Å². The van der Waals surface area contributed by atoms with E-state index < -0.39 is 0 Å². The summed E-state index contributed by atoms with van der Waals surface area (Å²) in [7, 11) is 3.24. The van der Waals surface area contributed by atoms with Crippen molar-refractivity contribution in [2.75, 3.05) is 14.2 Å². The largest absolute Gasteiger partial charge is 0.497 e. The van der Waals surface area contributed by atoms with Crippen LogP contribution in [-0.4, -0.2) is 26.0 Å². The predicted molar refractivity (Wildman–Crippen MR) is 148 cm³/mol.